The van der Waals surface area contributed by atoms with E-state index in [-0.39, 0.29) is 12.3 Å². The number of hydrogen-bond acceptors (Lipinski definition) is 3. The monoisotopic (exact) mass is 243 g/mol. The van der Waals surface area contributed by atoms with Gasteiger partial charge in [0.15, 0.2) is 0 Å². The van der Waals surface area contributed by atoms with Gasteiger partial charge in [0, 0.05) is 24.1 Å². The Balaban J connectivity index is 2.21. The van der Waals surface area contributed by atoms with Gasteiger partial charge in [-0.2, -0.15) is 0 Å². The number of esters is 1. The van der Waals surface area contributed by atoms with Crippen LogP contribution in [0.3, 0.4) is 0 Å². The Labute approximate surface area is 105 Å². The van der Waals surface area contributed by atoms with Crippen LogP contribution in [-0.4, -0.2) is 18.4 Å². The number of likely N-dealkylation sites (N-methyl/N-ethyl adjacent to an activating group) is 1. The lowest BCUT2D eigenvalue weighted by molar-refractivity contribution is -0.156. The zero-order valence-electron chi connectivity index (χ0n) is 10.1. The number of ether oxygens (including phenoxy) is 1. The van der Waals surface area contributed by atoms with Crippen LogP contribution >= 0.6 is 0 Å². The summed E-state index contributed by atoms with van der Waals surface area (Å²) in [6.07, 6.45) is 0.248. The lowest BCUT2D eigenvalue weighted by Gasteiger charge is -2.21. The molecule has 0 saturated carbocycles. The minimum absolute atomic E-state index is 0.168. The van der Waals surface area contributed by atoms with E-state index in [1.807, 2.05) is 31.2 Å². The SMILES string of the molecule is C=C1CC2(OC1=O)C(=O)N(CC)c1ccccc12. The number of hydrogen-bond donors (Lipinski definition) is 0. The first kappa shape index (κ1) is 11.0. The lowest BCUT2D eigenvalue weighted by Crippen LogP contribution is -2.40. The van der Waals surface area contributed by atoms with Crippen molar-refractivity contribution in [3.63, 3.8) is 0 Å². The number of nitrogens with zero attached hydrogens (tertiary/aromatic N) is 1. The van der Waals surface area contributed by atoms with Crippen molar-refractivity contribution >= 4 is 17.6 Å². The average molecular weight is 243 g/mol. The van der Waals surface area contributed by atoms with E-state index in [0.717, 1.165) is 11.3 Å². The third-order valence-electron chi connectivity index (χ3n) is 3.55. The highest BCUT2D eigenvalue weighted by Crippen LogP contribution is 2.49. The third kappa shape index (κ3) is 1.15. The van der Waals surface area contributed by atoms with E-state index in [0.29, 0.717) is 12.1 Å². The Morgan fingerprint density at radius 3 is 2.72 bits per heavy atom. The summed E-state index contributed by atoms with van der Waals surface area (Å²) >= 11 is 0. The van der Waals surface area contributed by atoms with Gasteiger partial charge in [-0.1, -0.05) is 24.8 Å². The van der Waals surface area contributed by atoms with Gasteiger partial charge in [-0.15, -0.1) is 0 Å². The zero-order valence-corrected chi connectivity index (χ0v) is 10.1. The molecule has 1 fully saturated rings. The van der Waals surface area contributed by atoms with Crippen molar-refractivity contribution in [1.82, 2.24) is 0 Å². The van der Waals surface area contributed by atoms with Gasteiger partial charge in [-0.25, -0.2) is 4.79 Å². The predicted molar refractivity (Wildman–Crippen MR) is 66.0 cm³/mol. The van der Waals surface area contributed by atoms with Gasteiger partial charge in [-0.05, 0) is 13.0 Å². The molecule has 0 N–H and O–H groups in total. The summed E-state index contributed by atoms with van der Waals surface area (Å²) in [5, 5.41) is 0. The van der Waals surface area contributed by atoms with E-state index >= 15 is 0 Å². The number of carbonyl (C=O) groups excluding carboxylic acids is 2. The number of anilines is 1. The van der Waals surface area contributed by atoms with Crippen LogP contribution in [0, 0.1) is 0 Å². The molecule has 1 aromatic rings. The highest BCUT2D eigenvalue weighted by molar-refractivity contribution is 6.11. The maximum absolute atomic E-state index is 12.5. The first-order valence-electron chi connectivity index (χ1n) is 5.93. The fraction of sp³-hybridized carbons (Fsp3) is 0.286. The largest absolute Gasteiger partial charge is 0.440 e. The topological polar surface area (TPSA) is 46.6 Å². The number of fused-ring (bicyclic) bond motifs is 2. The molecule has 0 radical (unpaired) electrons. The van der Waals surface area contributed by atoms with Crippen LogP contribution in [0.15, 0.2) is 36.4 Å². The molecule has 2 heterocycles. The summed E-state index contributed by atoms with van der Waals surface area (Å²) in [5.41, 5.74) is 0.785. The van der Waals surface area contributed by atoms with E-state index in [2.05, 4.69) is 6.58 Å². The Hall–Kier alpha value is -2.10. The average Bonchev–Trinajstić information content (AvgIpc) is 2.78. The van der Waals surface area contributed by atoms with Gasteiger partial charge in [0.2, 0.25) is 5.60 Å². The number of rotatable bonds is 1. The molecule has 1 aromatic carbocycles. The molecule has 4 heteroatoms. The molecule has 4 nitrogen and oxygen atoms in total. The first-order chi connectivity index (χ1) is 8.60. The molecular weight excluding hydrogens is 230 g/mol. The molecule has 2 aliphatic heterocycles. The highest BCUT2D eigenvalue weighted by Gasteiger charge is 2.57. The highest BCUT2D eigenvalue weighted by atomic mass is 16.6. The zero-order chi connectivity index (χ0) is 12.9. The molecule has 0 aromatic heterocycles. The number of amides is 1. The predicted octanol–water partition coefficient (Wildman–Crippen LogP) is 1.75. The molecule has 0 aliphatic carbocycles. The van der Waals surface area contributed by atoms with E-state index in [1.165, 1.54) is 0 Å². The second kappa shape index (κ2) is 3.45. The minimum atomic E-state index is -1.17. The molecule has 1 atom stereocenters. The Morgan fingerprint density at radius 2 is 2.11 bits per heavy atom. The van der Waals surface area contributed by atoms with E-state index < -0.39 is 11.6 Å². The van der Waals surface area contributed by atoms with Crippen LogP contribution in [0.5, 0.6) is 0 Å². The normalized spacial score (nSPS) is 25.8. The summed E-state index contributed by atoms with van der Waals surface area (Å²) < 4.78 is 5.36. The second-order valence-electron chi connectivity index (χ2n) is 4.56. The first-order valence-corrected chi connectivity index (χ1v) is 5.93. The summed E-state index contributed by atoms with van der Waals surface area (Å²) in [6, 6.07) is 7.44. The van der Waals surface area contributed by atoms with Crippen LogP contribution in [0.4, 0.5) is 5.69 Å². The van der Waals surface area contributed by atoms with Crippen LogP contribution < -0.4 is 4.90 Å². The van der Waals surface area contributed by atoms with Crippen LogP contribution in [0.1, 0.15) is 18.9 Å². The van der Waals surface area contributed by atoms with Gasteiger partial charge >= 0.3 is 5.97 Å². The van der Waals surface area contributed by atoms with Crippen molar-refractivity contribution in [2.24, 2.45) is 0 Å². The molecular formula is C14H13NO3. The van der Waals surface area contributed by atoms with Crippen LogP contribution in [-0.2, 0) is 19.9 Å². The minimum Gasteiger partial charge on any atom is -0.440 e. The van der Waals surface area contributed by atoms with E-state index in [4.69, 9.17) is 4.74 Å². The summed E-state index contributed by atoms with van der Waals surface area (Å²) in [7, 11) is 0. The maximum atomic E-state index is 12.5. The summed E-state index contributed by atoms with van der Waals surface area (Å²) in [4.78, 5) is 25.8. The van der Waals surface area contributed by atoms with Crippen molar-refractivity contribution in [3.8, 4) is 0 Å². The summed E-state index contributed by atoms with van der Waals surface area (Å²) in [5.74, 6) is -0.644. The Kier molecular flexibility index (Phi) is 2.11. The van der Waals surface area contributed by atoms with Gasteiger partial charge in [0.1, 0.15) is 0 Å². The van der Waals surface area contributed by atoms with E-state index in [1.54, 1.807) is 4.90 Å². The van der Waals surface area contributed by atoms with Crippen LogP contribution in [0.2, 0.25) is 0 Å². The van der Waals surface area contributed by atoms with Crippen molar-refractivity contribution in [2.75, 3.05) is 11.4 Å². The smallest absolute Gasteiger partial charge is 0.335 e. The fourth-order valence-corrected chi connectivity index (χ4v) is 2.72. The number of para-hydroxylation sites is 1. The standard InChI is InChI=1S/C14H13NO3/c1-3-15-11-7-5-4-6-10(11)14(13(15)17)8-9(2)12(16)18-14/h4-7H,2-3,8H2,1H3. The lowest BCUT2D eigenvalue weighted by atomic mass is 9.91. The van der Waals surface area contributed by atoms with Crippen molar-refractivity contribution in [3.05, 3.63) is 42.0 Å². The quantitative estimate of drug-likeness (QED) is 0.557. The van der Waals surface area contributed by atoms with E-state index in [9.17, 15) is 9.59 Å². The molecule has 18 heavy (non-hydrogen) atoms. The van der Waals surface area contributed by atoms with Gasteiger partial charge < -0.3 is 9.64 Å². The second-order valence-corrected chi connectivity index (χ2v) is 4.56. The molecule has 92 valence electrons. The summed E-state index contributed by atoms with van der Waals surface area (Å²) in [6.45, 7) is 6.13. The van der Waals surface area contributed by atoms with Crippen LogP contribution in [0.25, 0.3) is 0 Å². The molecule has 1 amide bonds. The van der Waals surface area contributed by atoms with Crippen molar-refractivity contribution in [2.45, 2.75) is 18.9 Å². The van der Waals surface area contributed by atoms with Gasteiger partial charge in [-0.3, -0.25) is 4.79 Å². The Bertz CT molecular complexity index is 560. The molecule has 3 rings (SSSR count). The van der Waals surface area contributed by atoms with Crippen molar-refractivity contribution in [1.29, 1.82) is 0 Å². The van der Waals surface area contributed by atoms with Gasteiger partial charge in [0.25, 0.3) is 5.91 Å². The fourth-order valence-electron chi connectivity index (χ4n) is 2.72. The number of carbonyl (C=O) groups is 2. The molecule has 1 spiro atoms. The molecule has 1 unspecified atom stereocenters. The Morgan fingerprint density at radius 1 is 1.39 bits per heavy atom. The van der Waals surface area contributed by atoms with Gasteiger partial charge in [0.05, 0.1) is 5.69 Å². The number of benzene rings is 1. The van der Waals surface area contributed by atoms with Crippen molar-refractivity contribution < 1.29 is 14.3 Å². The third-order valence-corrected chi connectivity index (χ3v) is 3.55. The molecule has 2 aliphatic rings. The maximum Gasteiger partial charge on any atom is 0.335 e. The molecule has 0 bridgehead atoms. The molecule has 1 saturated heterocycles.